The molecule has 1 heterocycles. The third-order valence-electron chi connectivity index (χ3n) is 2.40. The minimum atomic E-state index is 0.0775. The number of aliphatic imine (C=N–C) groups is 1. The Morgan fingerprint density at radius 1 is 1.47 bits per heavy atom. The van der Waals surface area contributed by atoms with E-state index in [1.165, 1.54) is 0 Å². The Bertz CT molecular complexity index is 234. The fraction of sp³-hybridized carbons (Fsp3) is 0.800. The molecule has 0 spiro atoms. The SMILES string of the molecule is CCCNC(N)=NCC(=O)N1CCCC1. The van der Waals surface area contributed by atoms with Crippen LogP contribution in [0.15, 0.2) is 4.99 Å². The molecule has 1 rings (SSSR count). The standard InChI is InChI=1S/C10H20N4O/c1-2-5-12-10(11)13-8-9(15)14-6-3-4-7-14/h2-8H2,1H3,(H3,11,12,13). The number of hydrogen-bond donors (Lipinski definition) is 2. The van der Waals surface area contributed by atoms with E-state index in [9.17, 15) is 4.79 Å². The van der Waals surface area contributed by atoms with Crippen LogP contribution in [0.4, 0.5) is 0 Å². The van der Waals surface area contributed by atoms with Crippen molar-refractivity contribution in [3.05, 3.63) is 0 Å². The maximum Gasteiger partial charge on any atom is 0.244 e. The first-order valence-electron chi connectivity index (χ1n) is 5.55. The van der Waals surface area contributed by atoms with Gasteiger partial charge in [-0.1, -0.05) is 6.92 Å². The molecule has 0 aliphatic carbocycles. The second kappa shape index (κ2) is 6.27. The Labute approximate surface area is 90.7 Å². The molecule has 0 aromatic carbocycles. The number of carbonyl (C=O) groups is 1. The van der Waals surface area contributed by atoms with Crippen molar-refractivity contribution in [3.8, 4) is 0 Å². The number of guanidine groups is 1. The van der Waals surface area contributed by atoms with Gasteiger partial charge in [0, 0.05) is 19.6 Å². The van der Waals surface area contributed by atoms with Gasteiger partial charge < -0.3 is 16.0 Å². The largest absolute Gasteiger partial charge is 0.370 e. The summed E-state index contributed by atoms with van der Waals surface area (Å²) >= 11 is 0. The third kappa shape index (κ3) is 4.18. The molecule has 15 heavy (non-hydrogen) atoms. The molecule has 1 fully saturated rings. The highest BCUT2D eigenvalue weighted by Gasteiger charge is 2.16. The van der Waals surface area contributed by atoms with Gasteiger partial charge in [-0.25, -0.2) is 4.99 Å². The lowest BCUT2D eigenvalue weighted by molar-refractivity contribution is -0.128. The Hall–Kier alpha value is -1.26. The highest BCUT2D eigenvalue weighted by Crippen LogP contribution is 2.06. The molecule has 3 N–H and O–H groups in total. The number of likely N-dealkylation sites (tertiary alicyclic amines) is 1. The van der Waals surface area contributed by atoms with Crippen LogP contribution in [-0.2, 0) is 4.79 Å². The van der Waals surface area contributed by atoms with E-state index in [1.807, 2.05) is 4.90 Å². The average Bonchev–Trinajstić information content (AvgIpc) is 2.76. The van der Waals surface area contributed by atoms with E-state index >= 15 is 0 Å². The smallest absolute Gasteiger partial charge is 0.244 e. The van der Waals surface area contributed by atoms with Crippen LogP contribution in [0, 0.1) is 0 Å². The third-order valence-corrected chi connectivity index (χ3v) is 2.40. The van der Waals surface area contributed by atoms with Gasteiger partial charge in [0.2, 0.25) is 5.91 Å². The van der Waals surface area contributed by atoms with Crippen LogP contribution < -0.4 is 11.1 Å². The lowest BCUT2D eigenvalue weighted by Crippen LogP contribution is -2.35. The van der Waals surface area contributed by atoms with Gasteiger partial charge >= 0.3 is 0 Å². The maximum atomic E-state index is 11.6. The van der Waals surface area contributed by atoms with Gasteiger partial charge in [0.25, 0.3) is 0 Å². The van der Waals surface area contributed by atoms with Crippen molar-refractivity contribution in [3.63, 3.8) is 0 Å². The summed E-state index contributed by atoms with van der Waals surface area (Å²) in [6.45, 7) is 4.76. The summed E-state index contributed by atoms with van der Waals surface area (Å²) in [7, 11) is 0. The van der Waals surface area contributed by atoms with Gasteiger partial charge in [0.15, 0.2) is 5.96 Å². The van der Waals surface area contributed by atoms with Crippen molar-refractivity contribution in [2.24, 2.45) is 10.7 Å². The van der Waals surface area contributed by atoms with Crippen LogP contribution in [0.2, 0.25) is 0 Å². The molecule has 86 valence electrons. The van der Waals surface area contributed by atoms with Crippen molar-refractivity contribution in [2.75, 3.05) is 26.2 Å². The molecule has 1 saturated heterocycles. The van der Waals surface area contributed by atoms with E-state index in [4.69, 9.17) is 5.73 Å². The summed E-state index contributed by atoms with van der Waals surface area (Å²) in [5, 5.41) is 2.94. The molecule has 0 aromatic heterocycles. The second-order valence-electron chi connectivity index (χ2n) is 3.72. The number of nitrogens with two attached hydrogens (primary N) is 1. The molecular formula is C10H20N4O. The van der Waals surface area contributed by atoms with Crippen LogP contribution in [0.1, 0.15) is 26.2 Å². The molecule has 5 heteroatoms. The molecule has 1 aliphatic rings. The predicted molar refractivity (Wildman–Crippen MR) is 60.6 cm³/mol. The molecular weight excluding hydrogens is 192 g/mol. The van der Waals surface area contributed by atoms with E-state index in [0.717, 1.165) is 38.9 Å². The van der Waals surface area contributed by atoms with E-state index in [0.29, 0.717) is 5.96 Å². The molecule has 0 aromatic rings. The van der Waals surface area contributed by atoms with E-state index in [2.05, 4.69) is 17.2 Å². The van der Waals surface area contributed by atoms with Gasteiger partial charge in [-0.05, 0) is 19.3 Å². The highest BCUT2D eigenvalue weighted by molar-refractivity contribution is 5.84. The van der Waals surface area contributed by atoms with Gasteiger partial charge in [-0.2, -0.15) is 0 Å². The first-order chi connectivity index (χ1) is 7.24. The molecule has 0 bridgehead atoms. The second-order valence-corrected chi connectivity index (χ2v) is 3.72. The van der Waals surface area contributed by atoms with Gasteiger partial charge in [-0.3, -0.25) is 4.79 Å². The number of nitrogens with zero attached hydrogens (tertiary/aromatic N) is 2. The zero-order chi connectivity index (χ0) is 11.1. The fourth-order valence-corrected chi connectivity index (χ4v) is 1.53. The molecule has 5 nitrogen and oxygen atoms in total. The van der Waals surface area contributed by atoms with Crippen LogP contribution in [-0.4, -0.2) is 42.9 Å². The summed E-state index contributed by atoms with van der Waals surface area (Å²) in [5.41, 5.74) is 5.57. The number of amides is 1. The van der Waals surface area contributed by atoms with E-state index < -0.39 is 0 Å². The Kier molecular flexibility index (Phi) is 4.93. The van der Waals surface area contributed by atoms with E-state index in [1.54, 1.807) is 0 Å². The van der Waals surface area contributed by atoms with Crippen LogP contribution >= 0.6 is 0 Å². The van der Waals surface area contributed by atoms with Gasteiger partial charge in [0.05, 0.1) is 0 Å². The van der Waals surface area contributed by atoms with Crippen molar-refractivity contribution in [1.29, 1.82) is 0 Å². The molecule has 0 radical (unpaired) electrons. The first-order valence-corrected chi connectivity index (χ1v) is 5.55. The average molecular weight is 212 g/mol. The highest BCUT2D eigenvalue weighted by atomic mass is 16.2. The van der Waals surface area contributed by atoms with Gasteiger partial charge in [-0.15, -0.1) is 0 Å². The van der Waals surface area contributed by atoms with Crippen molar-refractivity contribution < 1.29 is 4.79 Å². The van der Waals surface area contributed by atoms with Crippen molar-refractivity contribution in [2.45, 2.75) is 26.2 Å². The first kappa shape index (κ1) is 11.8. The Morgan fingerprint density at radius 3 is 2.73 bits per heavy atom. The van der Waals surface area contributed by atoms with E-state index in [-0.39, 0.29) is 12.5 Å². The maximum absolute atomic E-state index is 11.6. The van der Waals surface area contributed by atoms with Crippen LogP contribution in [0.25, 0.3) is 0 Å². The number of rotatable bonds is 4. The topological polar surface area (TPSA) is 70.7 Å². The zero-order valence-corrected chi connectivity index (χ0v) is 9.33. The molecule has 0 saturated carbocycles. The lowest BCUT2D eigenvalue weighted by atomic mass is 10.4. The number of nitrogens with one attached hydrogen (secondary N) is 1. The quantitative estimate of drug-likeness (QED) is 0.506. The molecule has 1 aliphatic heterocycles. The summed E-state index contributed by atoms with van der Waals surface area (Å²) in [5.74, 6) is 0.443. The Morgan fingerprint density at radius 2 is 2.13 bits per heavy atom. The predicted octanol–water partition coefficient (Wildman–Crippen LogP) is -0.0769. The van der Waals surface area contributed by atoms with Crippen molar-refractivity contribution >= 4 is 11.9 Å². The fourth-order valence-electron chi connectivity index (χ4n) is 1.53. The zero-order valence-electron chi connectivity index (χ0n) is 9.33. The van der Waals surface area contributed by atoms with Crippen molar-refractivity contribution in [1.82, 2.24) is 10.2 Å². The normalized spacial score (nSPS) is 16.9. The molecule has 0 atom stereocenters. The summed E-state index contributed by atoms with van der Waals surface area (Å²) < 4.78 is 0. The summed E-state index contributed by atoms with van der Waals surface area (Å²) in [6, 6.07) is 0. The molecule has 0 unspecified atom stereocenters. The van der Waals surface area contributed by atoms with Crippen LogP contribution in [0.3, 0.4) is 0 Å². The minimum Gasteiger partial charge on any atom is -0.370 e. The monoisotopic (exact) mass is 212 g/mol. The molecule has 1 amide bonds. The number of carbonyl (C=O) groups excluding carboxylic acids is 1. The number of hydrogen-bond acceptors (Lipinski definition) is 2. The Balaban J connectivity index is 2.25. The summed E-state index contributed by atoms with van der Waals surface area (Å²) in [4.78, 5) is 17.4. The van der Waals surface area contributed by atoms with Gasteiger partial charge in [0.1, 0.15) is 6.54 Å². The summed E-state index contributed by atoms with van der Waals surface area (Å²) in [6.07, 6.45) is 3.22. The van der Waals surface area contributed by atoms with Crippen LogP contribution in [0.5, 0.6) is 0 Å². The lowest BCUT2D eigenvalue weighted by Gasteiger charge is -2.13. The minimum absolute atomic E-state index is 0.0775.